The first-order chi connectivity index (χ1) is 8.92. The lowest BCUT2D eigenvalue weighted by molar-refractivity contribution is -0.384. The maximum Gasteiger partial charge on any atom is 0.356 e. The maximum atomic E-state index is 12.0. The van der Waals surface area contributed by atoms with Crippen molar-refractivity contribution >= 4 is 21.6 Å². The molecule has 8 nitrogen and oxygen atoms in total. The van der Waals surface area contributed by atoms with Gasteiger partial charge in [-0.25, -0.2) is 13.1 Å². The Kier molecular flexibility index (Phi) is 3.21. The Morgan fingerprint density at radius 2 is 1.95 bits per heavy atom. The van der Waals surface area contributed by atoms with Crippen molar-refractivity contribution in [3.63, 3.8) is 0 Å². The zero-order valence-corrected chi connectivity index (χ0v) is 10.5. The van der Waals surface area contributed by atoms with E-state index in [9.17, 15) is 18.5 Å². The molecule has 0 spiro atoms. The van der Waals surface area contributed by atoms with Crippen LogP contribution < -0.4 is 4.72 Å². The van der Waals surface area contributed by atoms with Crippen LogP contribution in [0.25, 0.3) is 0 Å². The molecule has 1 aromatic carbocycles. The predicted molar refractivity (Wildman–Crippen MR) is 65.1 cm³/mol. The van der Waals surface area contributed by atoms with Gasteiger partial charge < -0.3 is 4.52 Å². The molecule has 9 heteroatoms. The number of aryl methyl sites for hydroxylation is 1. The minimum atomic E-state index is -3.94. The van der Waals surface area contributed by atoms with E-state index in [1.165, 1.54) is 31.2 Å². The molecule has 0 saturated heterocycles. The van der Waals surface area contributed by atoms with Gasteiger partial charge in [-0.05, 0) is 19.1 Å². The van der Waals surface area contributed by atoms with Gasteiger partial charge in [0.1, 0.15) is 0 Å². The van der Waals surface area contributed by atoms with Crippen LogP contribution in [0.4, 0.5) is 11.6 Å². The van der Waals surface area contributed by atoms with Gasteiger partial charge in [-0.1, -0.05) is 23.4 Å². The summed E-state index contributed by atoms with van der Waals surface area (Å²) < 4.78 is 30.6. The van der Waals surface area contributed by atoms with Crippen LogP contribution in [0.1, 0.15) is 5.69 Å². The summed E-state index contributed by atoms with van der Waals surface area (Å²) in [6, 6.07) is 7.44. The van der Waals surface area contributed by atoms with Gasteiger partial charge >= 0.3 is 11.6 Å². The standard InChI is InChI=1S/C10H9N3O5S/c1-7-9(13(14)15)10(18-11-7)12-19(16,17)8-5-3-2-4-6-8/h2-6,12H,1H3. The third-order valence-electron chi connectivity index (χ3n) is 2.29. The van der Waals surface area contributed by atoms with Crippen molar-refractivity contribution in [3.8, 4) is 0 Å². The summed E-state index contributed by atoms with van der Waals surface area (Å²) in [5.41, 5.74) is -0.504. The average molecular weight is 283 g/mol. The number of nitrogens with zero attached hydrogens (tertiary/aromatic N) is 2. The van der Waals surface area contributed by atoms with Crippen molar-refractivity contribution in [2.75, 3.05) is 4.72 Å². The summed E-state index contributed by atoms with van der Waals surface area (Å²) in [6.07, 6.45) is 0. The van der Waals surface area contributed by atoms with E-state index in [4.69, 9.17) is 0 Å². The molecule has 0 aliphatic rings. The van der Waals surface area contributed by atoms with Crippen LogP contribution in [-0.4, -0.2) is 18.5 Å². The number of sulfonamides is 1. The number of nitrogens with one attached hydrogen (secondary N) is 1. The fourth-order valence-electron chi connectivity index (χ4n) is 1.43. The van der Waals surface area contributed by atoms with Gasteiger partial charge in [0.2, 0.25) is 0 Å². The molecule has 0 amide bonds. The van der Waals surface area contributed by atoms with E-state index in [2.05, 4.69) is 9.68 Å². The van der Waals surface area contributed by atoms with Crippen LogP contribution in [0.15, 0.2) is 39.8 Å². The molecule has 19 heavy (non-hydrogen) atoms. The lowest BCUT2D eigenvalue weighted by atomic mass is 10.4. The highest BCUT2D eigenvalue weighted by Gasteiger charge is 2.28. The van der Waals surface area contributed by atoms with E-state index in [-0.39, 0.29) is 10.6 Å². The lowest BCUT2D eigenvalue weighted by Crippen LogP contribution is -2.13. The first-order valence-electron chi connectivity index (χ1n) is 5.10. The molecule has 1 aromatic heterocycles. The Morgan fingerprint density at radius 1 is 1.32 bits per heavy atom. The summed E-state index contributed by atoms with van der Waals surface area (Å²) in [4.78, 5) is 10.0. The zero-order chi connectivity index (χ0) is 14.0. The second-order valence-electron chi connectivity index (χ2n) is 3.62. The van der Waals surface area contributed by atoms with Crippen LogP contribution >= 0.6 is 0 Å². The molecule has 0 bridgehead atoms. The van der Waals surface area contributed by atoms with Crippen molar-refractivity contribution < 1.29 is 17.9 Å². The van der Waals surface area contributed by atoms with Crippen LogP contribution in [0.3, 0.4) is 0 Å². The van der Waals surface area contributed by atoms with E-state index < -0.39 is 26.5 Å². The smallest absolute Gasteiger partial charge is 0.330 e. The SMILES string of the molecule is Cc1noc(NS(=O)(=O)c2ccccc2)c1[N+](=O)[O-]. The van der Waals surface area contributed by atoms with Crippen molar-refractivity contribution in [2.24, 2.45) is 0 Å². The minimum Gasteiger partial charge on any atom is -0.330 e. The molecule has 0 radical (unpaired) electrons. The molecule has 1 heterocycles. The quantitative estimate of drug-likeness (QED) is 0.674. The molecule has 0 unspecified atom stereocenters. The molecule has 0 aliphatic heterocycles. The van der Waals surface area contributed by atoms with Crippen LogP contribution in [0.5, 0.6) is 0 Å². The monoisotopic (exact) mass is 283 g/mol. The highest BCUT2D eigenvalue weighted by atomic mass is 32.2. The second kappa shape index (κ2) is 4.69. The number of hydrogen-bond donors (Lipinski definition) is 1. The normalized spacial score (nSPS) is 11.2. The van der Waals surface area contributed by atoms with Gasteiger partial charge in [0.25, 0.3) is 10.0 Å². The Bertz CT molecular complexity index is 708. The fourth-order valence-corrected chi connectivity index (χ4v) is 2.44. The molecule has 0 fully saturated rings. The van der Waals surface area contributed by atoms with Crippen molar-refractivity contribution in [3.05, 3.63) is 46.1 Å². The largest absolute Gasteiger partial charge is 0.356 e. The van der Waals surface area contributed by atoms with Gasteiger partial charge in [0, 0.05) is 0 Å². The predicted octanol–water partition coefficient (Wildman–Crippen LogP) is 1.69. The second-order valence-corrected chi connectivity index (χ2v) is 5.30. The van der Waals surface area contributed by atoms with Gasteiger partial charge in [0.15, 0.2) is 5.69 Å². The van der Waals surface area contributed by atoms with Crippen LogP contribution in [0, 0.1) is 17.0 Å². The summed E-state index contributed by atoms with van der Waals surface area (Å²) in [7, 11) is -3.94. The fraction of sp³-hybridized carbons (Fsp3) is 0.100. The third kappa shape index (κ3) is 2.55. The summed E-state index contributed by atoms with van der Waals surface area (Å²) in [5.74, 6) is -0.508. The maximum absolute atomic E-state index is 12.0. The molecule has 0 saturated carbocycles. The van der Waals surface area contributed by atoms with E-state index in [0.29, 0.717) is 0 Å². The van der Waals surface area contributed by atoms with E-state index >= 15 is 0 Å². The van der Waals surface area contributed by atoms with Gasteiger partial charge in [-0.15, -0.1) is 0 Å². The first-order valence-corrected chi connectivity index (χ1v) is 6.58. The average Bonchev–Trinajstić information content (AvgIpc) is 2.71. The van der Waals surface area contributed by atoms with E-state index in [0.717, 1.165) is 0 Å². The molecule has 0 atom stereocenters. The molecule has 1 N–H and O–H groups in total. The molecular weight excluding hydrogens is 274 g/mol. The van der Waals surface area contributed by atoms with E-state index in [1.807, 2.05) is 4.72 Å². The summed E-state index contributed by atoms with van der Waals surface area (Å²) in [6.45, 7) is 1.35. The Labute approximate surface area is 108 Å². The molecule has 2 aromatic rings. The summed E-state index contributed by atoms with van der Waals surface area (Å²) in [5, 5.41) is 14.2. The van der Waals surface area contributed by atoms with Gasteiger partial charge in [0.05, 0.1) is 9.82 Å². The zero-order valence-electron chi connectivity index (χ0n) is 9.73. The number of hydrogen-bond acceptors (Lipinski definition) is 6. The molecule has 2 rings (SSSR count). The van der Waals surface area contributed by atoms with Crippen molar-refractivity contribution in [1.29, 1.82) is 0 Å². The number of rotatable bonds is 4. The highest BCUT2D eigenvalue weighted by molar-refractivity contribution is 7.92. The van der Waals surface area contributed by atoms with Crippen LogP contribution in [-0.2, 0) is 10.0 Å². The van der Waals surface area contributed by atoms with Crippen molar-refractivity contribution in [1.82, 2.24) is 5.16 Å². The number of benzene rings is 1. The van der Waals surface area contributed by atoms with E-state index in [1.54, 1.807) is 6.07 Å². The summed E-state index contributed by atoms with van der Waals surface area (Å²) >= 11 is 0. The Morgan fingerprint density at radius 3 is 2.53 bits per heavy atom. The van der Waals surface area contributed by atoms with Gasteiger partial charge in [-0.3, -0.25) is 10.1 Å². The molecular formula is C10H9N3O5S. The number of aromatic nitrogens is 1. The first kappa shape index (κ1) is 13.0. The third-order valence-corrected chi connectivity index (χ3v) is 3.64. The van der Waals surface area contributed by atoms with Gasteiger partial charge in [-0.2, -0.15) is 0 Å². The number of anilines is 1. The Balaban J connectivity index is 2.40. The number of nitro groups is 1. The topological polar surface area (TPSA) is 115 Å². The highest BCUT2D eigenvalue weighted by Crippen LogP contribution is 2.29. The lowest BCUT2D eigenvalue weighted by Gasteiger charge is -2.03. The Hall–Kier alpha value is -2.42. The minimum absolute atomic E-state index is 0.00392. The van der Waals surface area contributed by atoms with Crippen molar-refractivity contribution in [2.45, 2.75) is 11.8 Å². The van der Waals surface area contributed by atoms with Crippen LogP contribution in [0.2, 0.25) is 0 Å². The molecule has 0 aliphatic carbocycles. The molecule has 100 valence electrons.